The molecule has 0 saturated carbocycles. The highest BCUT2D eigenvalue weighted by Crippen LogP contribution is 2.44. The summed E-state index contributed by atoms with van der Waals surface area (Å²) < 4.78 is 16.5. The maximum absolute atomic E-state index is 13.1. The van der Waals surface area contributed by atoms with Crippen LogP contribution >= 0.6 is 0 Å². The maximum atomic E-state index is 13.1. The van der Waals surface area contributed by atoms with Crippen molar-refractivity contribution in [2.75, 3.05) is 20.8 Å². The Morgan fingerprint density at radius 1 is 0.923 bits per heavy atom. The zero-order valence-electron chi connectivity index (χ0n) is 22.9. The molecule has 0 saturated heterocycles. The van der Waals surface area contributed by atoms with Crippen molar-refractivity contribution in [1.29, 1.82) is 0 Å². The molecule has 1 aliphatic carbocycles. The molecule has 2 N–H and O–H groups in total. The number of amides is 2. The second-order valence-electron chi connectivity index (χ2n) is 10.4. The molecule has 0 heterocycles. The molecule has 0 radical (unpaired) electrons. The van der Waals surface area contributed by atoms with Gasteiger partial charge < -0.3 is 24.8 Å². The molecule has 0 aliphatic heterocycles. The fourth-order valence-corrected chi connectivity index (χ4v) is 4.78. The van der Waals surface area contributed by atoms with Crippen molar-refractivity contribution < 1.29 is 28.6 Å². The Kier molecular flexibility index (Phi) is 8.24. The number of ether oxygens (including phenoxy) is 3. The number of alkyl carbamates (subject to hydrolysis) is 1. The first kappa shape index (κ1) is 27.7. The minimum Gasteiger partial charge on any atom is -0.496 e. The van der Waals surface area contributed by atoms with E-state index in [-0.39, 0.29) is 24.9 Å². The molecule has 1 aliphatic rings. The molecule has 204 valence electrons. The van der Waals surface area contributed by atoms with Crippen LogP contribution in [-0.4, -0.2) is 50.4 Å². The highest BCUT2D eigenvalue weighted by Gasteiger charge is 2.31. The predicted molar refractivity (Wildman–Crippen MR) is 148 cm³/mol. The average molecular weight is 531 g/mol. The molecule has 8 heteroatoms. The third-order valence-corrected chi connectivity index (χ3v) is 6.50. The molecule has 4 rings (SSSR count). The Hall–Kier alpha value is -4.33. The highest BCUT2D eigenvalue weighted by atomic mass is 16.6. The van der Waals surface area contributed by atoms with Gasteiger partial charge in [0.05, 0.1) is 12.7 Å². The van der Waals surface area contributed by atoms with Crippen molar-refractivity contribution in [2.45, 2.75) is 44.8 Å². The monoisotopic (exact) mass is 530 g/mol. The Morgan fingerprint density at radius 2 is 1.54 bits per heavy atom. The van der Waals surface area contributed by atoms with Crippen molar-refractivity contribution in [3.05, 3.63) is 89.0 Å². The molecule has 0 fully saturated rings. The van der Waals surface area contributed by atoms with Crippen LogP contribution in [0.15, 0.2) is 66.7 Å². The van der Waals surface area contributed by atoms with E-state index in [2.05, 4.69) is 22.8 Å². The zero-order chi connectivity index (χ0) is 28.2. The van der Waals surface area contributed by atoms with E-state index in [1.165, 1.54) is 14.2 Å². The summed E-state index contributed by atoms with van der Waals surface area (Å²) >= 11 is 0. The van der Waals surface area contributed by atoms with Crippen LogP contribution in [0, 0.1) is 0 Å². The van der Waals surface area contributed by atoms with Gasteiger partial charge in [-0.2, -0.15) is 0 Å². The molecular weight excluding hydrogens is 496 g/mol. The van der Waals surface area contributed by atoms with Gasteiger partial charge in [0.25, 0.3) is 5.91 Å². The number of carbonyl (C=O) groups excluding carboxylic acids is 3. The van der Waals surface area contributed by atoms with Crippen LogP contribution in [0.5, 0.6) is 5.75 Å². The Bertz CT molecular complexity index is 1330. The van der Waals surface area contributed by atoms with Crippen LogP contribution < -0.4 is 15.4 Å². The first-order valence-electron chi connectivity index (χ1n) is 12.8. The van der Waals surface area contributed by atoms with Crippen LogP contribution in [0.3, 0.4) is 0 Å². The van der Waals surface area contributed by atoms with Gasteiger partial charge in [-0.15, -0.1) is 0 Å². The third-order valence-electron chi connectivity index (χ3n) is 6.50. The Labute approximate surface area is 228 Å². The van der Waals surface area contributed by atoms with Crippen LogP contribution in [0.25, 0.3) is 11.1 Å². The molecule has 0 aromatic heterocycles. The topological polar surface area (TPSA) is 103 Å². The van der Waals surface area contributed by atoms with Crippen molar-refractivity contribution >= 4 is 18.0 Å². The van der Waals surface area contributed by atoms with Crippen LogP contribution in [-0.2, 0) is 20.7 Å². The maximum Gasteiger partial charge on any atom is 0.407 e. The van der Waals surface area contributed by atoms with Gasteiger partial charge in [-0.25, -0.2) is 9.59 Å². The summed E-state index contributed by atoms with van der Waals surface area (Å²) in [6.07, 6.45) is -0.639. The number of hydrogen-bond donors (Lipinski definition) is 2. The molecule has 2 amide bonds. The molecule has 1 atom stereocenters. The molecule has 0 spiro atoms. The van der Waals surface area contributed by atoms with Crippen LogP contribution in [0.4, 0.5) is 4.79 Å². The van der Waals surface area contributed by atoms with Crippen LogP contribution in [0.2, 0.25) is 0 Å². The minimum atomic E-state index is -1.04. The van der Waals surface area contributed by atoms with E-state index in [4.69, 9.17) is 14.2 Å². The van der Waals surface area contributed by atoms with Gasteiger partial charge >= 0.3 is 12.1 Å². The summed E-state index contributed by atoms with van der Waals surface area (Å²) in [4.78, 5) is 38.4. The lowest BCUT2D eigenvalue weighted by molar-refractivity contribution is -0.157. The van der Waals surface area contributed by atoms with E-state index in [9.17, 15) is 14.4 Å². The summed E-state index contributed by atoms with van der Waals surface area (Å²) in [5, 5.41) is 5.26. The fraction of sp³-hybridized carbons (Fsp3) is 0.323. The molecule has 1 unspecified atom stereocenters. The number of carbonyl (C=O) groups is 3. The number of esters is 1. The second-order valence-corrected chi connectivity index (χ2v) is 10.4. The van der Waals surface area contributed by atoms with Crippen LogP contribution in [0.1, 0.15) is 53.7 Å². The second kappa shape index (κ2) is 11.6. The van der Waals surface area contributed by atoms with Crippen molar-refractivity contribution in [3.8, 4) is 16.9 Å². The van der Waals surface area contributed by atoms with Gasteiger partial charge in [0.2, 0.25) is 0 Å². The number of fused-ring (bicyclic) bond motifs is 3. The van der Waals surface area contributed by atoms with Gasteiger partial charge in [0.15, 0.2) is 0 Å². The standard InChI is InChI=1S/C31H34N2O6/c1-31(2,3)39-29(35)26(17-19-14-15-27(37-5)24(16-19)28(34)32-4)33-30(36)38-18-25-22-12-8-6-10-20(22)21-11-7-9-13-23(21)25/h6-16,25-26H,17-18H2,1-5H3,(H,32,34)(H,33,36). The van der Waals surface area contributed by atoms with E-state index in [0.717, 1.165) is 22.3 Å². The summed E-state index contributed by atoms with van der Waals surface area (Å²) in [5.41, 5.74) is 4.64. The van der Waals surface area contributed by atoms with E-state index in [1.807, 2.05) is 36.4 Å². The summed E-state index contributed by atoms with van der Waals surface area (Å²) in [6, 6.07) is 20.1. The lowest BCUT2D eigenvalue weighted by atomic mass is 9.98. The first-order valence-corrected chi connectivity index (χ1v) is 12.8. The number of benzene rings is 3. The number of nitrogens with one attached hydrogen (secondary N) is 2. The number of rotatable bonds is 8. The molecule has 39 heavy (non-hydrogen) atoms. The Morgan fingerprint density at radius 3 is 2.10 bits per heavy atom. The predicted octanol–water partition coefficient (Wildman–Crippen LogP) is 4.85. The normalized spacial score (nSPS) is 13.1. The number of hydrogen-bond acceptors (Lipinski definition) is 6. The fourth-order valence-electron chi connectivity index (χ4n) is 4.78. The van der Waals surface area contributed by atoms with Gasteiger partial charge in [-0.05, 0) is 60.7 Å². The smallest absolute Gasteiger partial charge is 0.407 e. The molecule has 0 bridgehead atoms. The lowest BCUT2D eigenvalue weighted by Crippen LogP contribution is -2.46. The third kappa shape index (κ3) is 6.39. The van der Waals surface area contributed by atoms with Gasteiger partial charge in [-0.1, -0.05) is 54.6 Å². The van der Waals surface area contributed by atoms with Gasteiger partial charge in [-0.3, -0.25) is 4.79 Å². The van der Waals surface area contributed by atoms with Crippen molar-refractivity contribution in [2.24, 2.45) is 0 Å². The molecular formula is C31H34N2O6. The largest absolute Gasteiger partial charge is 0.496 e. The van der Waals surface area contributed by atoms with E-state index in [1.54, 1.807) is 39.0 Å². The summed E-state index contributed by atoms with van der Waals surface area (Å²) in [5.74, 6) is -0.642. The molecule has 3 aromatic rings. The lowest BCUT2D eigenvalue weighted by Gasteiger charge is -2.25. The average Bonchev–Trinajstić information content (AvgIpc) is 3.23. The van der Waals surface area contributed by atoms with E-state index >= 15 is 0 Å². The van der Waals surface area contributed by atoms with E-state index < -0.39 is 23.7 Å². The number of methoxy groups -OCH3 is 1. The van der Waals surface area contributed by atoms with Crippen molar-refractivity contribution in [3.63, 3.8) is 0 Å². The zero-order valence-corrected chi connectivity index (χ0v) is 22.9. The summed E-state index contributed by atoms with van der Waals surface area (Å²) in [7, 11) is 3.00. The van der Waals surface area contributed by atoms with Gasteiger partial charge in [0.1, 0.15) is 24.0 Å². The van der Waals surface area contributed by atoms with Crippen molar-refractivity contribution in [1.82, 2.24) is 10.6 Å². The van der Waals surface area contributed by atoms with Gasteiger partial charge in [0, 0.05) is 19.4 Å². The first-order chi connectivity index (χ1) is 18.6. The SMILES string of the molecule is CNC(=O)c1cc(CC(NC(=O)OCC2c3ccccc3-c3ccccc32)C(=O)OC(C)(C)C)ccc1OC. The minimum absolute atomic E-state index is 0.0904. The Balaban J connectivity index is 1.51. The molecule has 8 nitrogen and oxygen atoms in total. The van der Waals surface area contributed by atoms with E-state index in [0.29, 0.717) is 16.9 Å². The summed E-state index contributed by atoms with van der Waals surface area (Å²) in [6.45, 7) is 5.38. The highest BCUT2D eigenvalue weighted by molar-refractivity contribution is 5.97. The quantitative estimate of drug-likeness (QED) is 0.404. The molecule has 3 aromatic carbocycles.